The maximum Gasteiger partial charge on any atom is 0.241 e. The van der Waals surface area contributed by atoms with Crippen LogP contribution in [0.15, 0.2) is 24.3 Å². The number of aryl methyl sites for hydroxylation is 1. The summed E-state index contributed by atoms with van der Waals surface area (Å²) in [6.45, 7) is 4.14. The van der Waals surface area contributed by atoms with Crippen molar-refractivity contribution in [3.8, 4) is 0 Å². The van der Waals surface area contributed by atoms with E-state index in [2.05, 4.69) is 12.2 Å². The molecule has 1 saturated carbocycles. The number of hydrogen-bond acceptors (Lipinski definition) is 2. The molecule has 0 bridgehead atoms. The van der Waals surface area contributed by atoms with Crippen molar-refractivity contribution in [2.75, 3.05) is 0 Å². The molecule has 3 nitrogen and oxygen atoms in total. The van der Waals surface area contributed by atoms with Crippen molar-refractivity contribution in [3.05, 3.63) is 35.4 Å². The van der Waals surface area contributed by atoms with Gasteiger partial charge < -0.3 is 11.1 Å². The van der Waals surface area contributed by atoms with Crippen LogP contribution < -0.4 is 11.1 Å². The van der Waals surface area contributed by atoms with Gasteiger partial charge in [0.05, 0.1) is 0 Å². The van der Waals surface area contributed by atoms with Crippen LogP contribution in [0.25, 0.3) is 0 Å². The molecule has 0 saturated heterocycles. The number of nitrogens with two attached hydrogens (primary N) is 1. The van der Waals surface area contributed by atoms with E-state index in [1.54, 1.807) is 0 Å². The Labute approximate surface area is 96.0 Å². The number of rotatable bonds is 3. The topological polar surface area (TPSA) is 55.1 Å². The molecule has 0 aliphatic heterocycles. The SMILES string of the molecule is Cc1ccc(C(N)C(=O)NC2CC2C)cc1. The van der Waals surface area contributed by atoms with Crippen LogP contribution in [-0.4, -0.2) is 11.9 Å². The van der Waals surface area contributed by atoms with Gasteiger partial charge in [-0.3, -0.25) is 4.79 Å². The predicted molar refractivity (Wildman–Crippen MR) is 63.8 cm³/mol. The monoisotopic (exact) mass is 218 g/mol. The van der Waals surface area contributed by atoms with Crippen LogP contribution in [0, 0.1) is 12.8 Å². The zero-order valence-electron chi connectivity index (χ0n) is 9.73. The Balaban J connectivity index is 1.98. The quantitative estimate of drug-likeness (QED) is 0.808. The molecular formula is C13H18N2O. The summed E-state index contributed by atoms with van der Waals surface area (Å²) >= 11 is 0. The molecule has 0 radical (unpaired) electrons. The summed E-state index contributed by atoms with van der Waals surface area (Å²) in [7, 11) is 0. The molecule has 1 aliphatic rings. The van der Waals surface area contributed by atoms with Crippen molar-refractivity contribution in [1.29, 1.82) is 0 Å². The van der Waals surface area contributed by atoms with E-state index in [0.29, 0.717) is 12.0 Å². The second-order valence-electron chi connectivity index (χ2n) is 4.72. The largest absolute Gasteiger partial charge is 0.351 e. The Kier molecular flexibility index (Phi) is 2.97. The summed E-state index contributed by atoms with van der Waals surface area (Å²) in [5.74, 6) is 0.535. The molecule has 3 heteroatoms. The number of carbonyl (C=O) groups is 1. The second-order valence-corrected chi connectivity index (χ2v) is 4.72. The van der Waals surface area contributed by atoms with Crippen molar-refractivity contribution in [3.63, 3.8) is 0 Å². The Morgan fingerprint density at radius 3 is 2.50 bits per heavy atom. The van der Waals surface area contributed by atoms with E-state index in [1.165, 1.54) is 5.56 Å². The van der Waals surface area contributed by atoms with E-state index in [4.69, 9.17) is 5.73 Å². The standard InChI is InChI=1S/C13H18N2O/c1-8-3-5-10(6-4-8)12(14)13(16)15-11-7-9(11)2/h3-6,9,11-12H,7,14H2,1-2H3,(H,15,16). The lowest BCUT2D eigenvalue weighted by molar-refractivity contribution is -0.122. The second kappa shape index (κ2) is 4.26. The predicted octanol–water partition coefficient (Wildman–Crippen LogP) is 1.52. The number of carbonyl (C=O) groups excluding carboxylic acids is 1. The maximum absolute atomic E-state index is 11.8. The number of amides is 1. The maximum atomic E-state index is 11.8. The molecule has 3 unspecified atom stereocenters. The van der Waals surface area contributed by atoms with Crippen LogP contribution in [0.2, 0.25) is 0 Å². The Morgan fingerprint density at radius 2 is 2.00 bits per heavy atom. The van der Waals surface area contributed by atoms with Crippen LogP contribution in [0.4, 0.5) is 0 Å². The third-order valence-corrected chi connectivity index (χ3v) is 3.16. The Bertz CT molecular complexity index is 385. The smallest absolute Gasteiger partial charge is 0.241 e. The van der Waals surface area contributed by atoms with Crippen LogP contribution >= 0.6 is 0 Å². The molecular weight excluding hydrogens is 200 g/mol. The van der Waals surface area contributed by atoms with E-state index in [0.717, 1.165) is 12.0 Å². The first-order chi connectivity index (χ1) is 7.58. The van der Waals surface area contributed by atoms with Crippen molar-refractivity contribution in [1.82, 2.24) is 5.32 Å². The fourth-order valence-corrected chi connectivity index (χ4v) is 1.72. The first-order valence-corrected chi connectivity index (χ1v) is 5.70. The average Bonchev–Trinajstić information content (AvgIpc) is 2.94. The highest BCUT2D eigenvalue weighted by Gasteiger charge is 2.34. The molecule has 0 aromatic heterocycles. The normalized spacial score (nSPS) is 24.9. The zero-order valence-corrected chi connectivity index (χ0v) is 9.73. The minimum Gasteiger partial charge on any atom is -0.351 e. The van der Waals surface area contributed by atoms with Crippen molar-refractivity contribution >= 4 is 5.91 Å². The average molecular weight is 218 g/mol. The molecule has 3 N–H and O–H groups in total. The lowest BCUT2D eigenvalue weighted by Gasteiger charge is -2.12. The fraction of sp³-hybridized carbons (Fsp3) is 0.462. The molecule has 1 fully saturated rings. The minimum atomic E-state index is -0.548. The van der Waals surface area contributed by atoms with Gasteiger partial charge in [0, 0.05) is 6.04 Å². The van der Waals surface area contributed by atoms with Gasteiger partial charge in [-0.2, -0.15) is 0 Å². The number of nitrogens with one attached hydrogen (secondary N) is 1. The van der Waals surface area contributed by atoms with Gasteiger partial charge in [0.2, 0.25) is 5.91 Å². The summed E-state index contributed by atoms with van der Waals surface area (Å²) in [6, 6.07) is 7.56. The molecule has 0 heterocycles. The molecule has 1 amide bonds. The first kappa shape index (κ1) is 11.1. The molecule has 1 aliphatic carbocycles. The zero-order chi connectivity index (χ0) is 11.7. The van der Waals surface area contributed by atoms with Crippen LogP contribution in [-0.2, 0) is 4.79 Å². The highest BCUT2D eigenvalue weighted by molar-refractivity contribution is 5.83. The van der Waals surface area contributed by atoms with Crippen LogP contribution in [0.5, 0.6) is 0 Å². The van der Waals surface area contributed by atoms with Gasteiger partial charge in [-0.05, 0) is 24.8 Å². The van der Waals surface area contributed by atoms with Crippen LogP contribution in [0.1, 0.15) is 30.5 Å². The molecule has 16 heavy (non-hydrogen) atoms. The van der Waals surface area contributed by atoms with Crippen molar-refractivity contribution in [2.24, 2.45) is 11.7 Å². The van der Waals surface area contributed by atoms with Crippen LogP contribution in [0.3, 0.4) is 0 Å². The summed E-state index contributed by atoms with van der Waals surface area (Å²) in [4.78, 5) is 11.8. The Morgan fingerprint density at radius 1 is 1.44 bits per heavy atom. The molecule has 1 aromatic carbocycles. The van der Waals surface area contributed by atoms with E-state index in [-0.39, 0.29) is 5.91 Å². The fourth-order valence-electron chi connectivity index (χ4n) is 1.72. The van der Waals surface area contributed by atoms with Gasteiger partial charge in [0.25, 0.3) is 0 Å². The highest BCUT2D eigenvalue weighted by Crippen LogP contribution is 2.29. The Hall–Kier alpha value is -1.35. The molecule has 86 valence electrons. The summed E-state index contributed by atoms with van der Waals surface area (Å²) < 4.78 is 0. The van der Waals surface area contributed by atoms with Gasteiger partial charge in [0.15, 0.2) is 0 Å². The summed E-state index contributed by atoms with van der Waals surface area (Å²) in [5.41, 5.74) is 7.94. The van der Waals surface area contributed by atoms with Gasteiger partial charge in [-0.1, -0.05) is 36.8 Å². The lowest BCUT2D eigenvalue weighted by Crippen LogP contribution is -2.35. The summed E-state index contributed by atoms with van der Waals surface area (Å²) in [6.07, 6.45) is 1.08. The van der Waals surface area contributed by atoms with Gasteiger partial charge >= 0.3 is 0 Å². The van der Waals surface area contributed by atoms with E-state index < -0.39 is 6.04 Å². The molecule has 0 spiro atoms. The van der Waals surface area contributed by atoms with Crippen molar-refractivity contribution in [2.45, 2.75) is 32.4 Å². The molecule has 2 rings (SSSR count). The van der Waals surface area contributed by atoms with Crippen molar-refractivity contribution < 1.29 is 4.79 Å². The molecule has 1 aromatic rings. The van der Waals surface area contributed by atoms with E-state index in [1.807, 2.05) is 31.2 Å². The first-order valence-electron chi connectivity index (χ1n) is 5.70. The number of hydrogen-bond donors (Lipinski definition) is 2. The summed E-state index contributed by atoms with van der Waals surface area (Å²) in [5, 5.41) is 2.95. The van der Waals surface area contributed by atoms with E-state index >= 15 is 0 Å². The third kappa shape index (κ3) is 2.42. The van der Waals surface area contributed by atoms with Gasteiger partial charge in [-0.25, -0.2) is 0 Å². The third-order valence-electron chi connectivity index (χ3n) is 3.16. The lowest BCUT2D eigenvalue weighted by atomic mass is 10.1. The highest BCUT2D eigenvalue weighted by atomic mass is 16.2. The van der Waals surface area contributed by atoms with Gasteiger partial charge in [-0.15, -0.1) is 0 Å². The number of benzene rings is 1. The van der Waals surface area contributed by atoms with E-state index in [9.17, 15) is 4.79 Å². The van der Waals surface area contributed by atoms with Gasteiger partial charge in [0.1, 0.15) is 6.04 Å². The minimum absolute atomic E-state index is 0.0711. The molecule has 3 atom stereocenters.